The number of amides is 1. The number of hydrogen-bond donors (Lipinski definition) is 1. The number of carbonyl (C=O) groups excluding carboxylic acids is 1. The molecule has 0 bridgehead atoms. The minimum atomic E-state index is -3.67. The van der Waals surface area contributed by atoms with Gasteiger partial charge in [-0.25, -0.2) is 8.42 Å². The average molecular weight is 363 g/mol. The van der Waals surface area contributed by atoms with E-state index in [0.29, 0.717) is 16.4 Å². The lowest BCUT2D eigenvalue weighted by Gasteiger charge is -2.13. The topological polar surface area (TPSA) is 66.5 Å². The van der Waals surface area contributed by atoms with Gasteiger partial charge in [0.1, 0.15) is 10.8 Å². The Morgan fingerprint density at radius 3 is 2.33 bits per heavy atom. The van der Waals surface area contributed by atoms with Crippen molar-refractivity contribution in [2.45, 2.75) is 6.92 Å². The van der Waals surface area contributed by atoms with Crippen molar-refractivity contribution >= 4 is 38.7 Å². The Labute approximate surface area is 145 Å². The summed E-state index contributed by atoms with van der Waals surface area (Å²) in [6.45, 7) is 1.92. The molecule has 24 heavy (non-hydrogen) atoms. The van der Waals surface area contributed by atoms with Crippen molar-refractivity contribution in [2.75, 3.05) is 16.1 Å². The number of nitrogens with one attached hydrogen (secondary N) is 1. The molecule has 0 atom stereocenters. The fraction of sp³-hybridized carbons (Fsp3) is 0.118. The molecule has 1 aliphatic heterocycles. The van der Waals surface area contributed by atoms with E-state index in [2.05, 4.69) is 5.32 Å². The van der Waals surface area contributed by atoms with Crippen LogP contribution in [0.25, 0.3) is 0 Å². The molecule has 0 unspecified atom stereocenters. The van der Waals surface area contributed by atoms with E-state index in [4.69, 9.17) is 11.6 Å². The van der Waals surface area contributed by atoms with E-state index in [1.54, 1.807) is 36.4 Å². The van der Waals surface area contributed by atoms with Crippen LogP contribution in [0.5, 0.6) is 0 Å². The van der Waals surface area contributed by atoms with Gasteiger partial charge in [-0.3, -0.25) is 9.69 Å². The van der Waals surface area contributed by atoms with E-state index in [9.17, 15) is 13.2 Å². The first-order chi connectivity index (χ1) is 11.4. The summed E-state index contributed by atoms with van der Waals surface area (Å²) >= 11 is 5.81. The summed E-state index contributed by atoms with van der Waals surface area (Å²) in [5, 5.41) is 3.41. The number of carbonyl (C=O) groups is 1. The molecule has 1 heterocycles. The SMILES string of the molecule is Cc1ccc(N2CS(=O)(=O)/C(=C/Nc3ccc(Cl)cc3)C2=O)cc1. The van der Waals surface area contributed by atoms with Crippen LogP contribution in [0.4, 0.5) is 11.4 Å². The lowest BCUT2D eigenvalue weighted by molar-refractivity contribution is -0.114. The van der Waals surface area contributed by atoms with Crippen LogP contribution in [0.2, 0.25) is 5.02 Å². The molecule has 0 aromatic heterocycles. The van der Waals surface area contributed by atoms with Crippen molar-refractivity contribution in [3.05, 3.63) is 70.2 Å². The third-order valence-corrected chi connectivity index (χ3v) is 5.46. The van der Waals surface area contributed by atoms with Gasteiger partial charge in [0.15, 0.2) is 0 Å². The quantitative estimate of drug-likeness (QED) is 0.850. The van der Waals surface area contributed by atoms with Gasteiger partial charge in [-0.05, 0) is 43.3 Å². The van der Waals surface area contributed by atoms with Gasteiger partial charge in [0.2, 0.25) is 9.84 Å². The van der Waals surface area contributed by atoms with E-state index >= 15 is 0 Å². The van der Waals surface area contributed by atoms with Gasteiger partial charge < -0.3 is 5.32 Å². The Hall–Kier alpha value is -2.31. The number of sulfone groups is 1. The standard InChI is InChI=1S/C17H15ClN2O3S/c1-12-2-8-15(9-3-12)20-11-24(22,23)16(17(20)21)10-19-14-6-4-13(18)5-7-14/h2-10,19H,11H2,1H3/b16-10+. The van der Waals surface area contributed by atoms with Crippen molar-refractivity contribution in [1.82, 2.24) is 0 Å². The highest BCUT2D eigenvalue weighted by molar-refractivity contribution is 7.97. The Morgan fingerprint density at radius 1 is 1.08 bits per heavy atom. The van der Waals surface area contributed by atoms with Crippen LogP contribution in [-0.2, 0) is 14.6 Å². The molecule has 124 valence electrons. The van der Waals surface area contributed by atoms with E-state index < -0.39 is 15.7 Å². The number of benzene rings is 2. The monoisotopic (exact) mass is 362 g/mol. The largest absolute Gasteiger partial charge is 0.360 e. The Balaban J connectivity index is 1.87. The molecule has 5 nitrogen and oxygen atoms in total. The fourth-order valence-corrected chi connectivity index (χ4v) is 3.81. The fourth-order valence-electron chi connectivity index (χ4n) is 2.33. The van der Waals surface area contributed by atoms with Crippen molar-refractivity contribution < 1.29 is 13.2 Å². The number of hydrogen-bond acceptors (Lipinski definition) is 4. The van der Waals surface area contributed by atoms with Gasteiger partial charge >= 0.3 is 0 Å². The molecule has 3 rings (SSSR count). The van der Waals surface area contributed by atoms with Crippen LogP contribution in [0.3, 0.4) is 0 Å². The van der Waals surface area contributed by atoms with Crippen molar-refractivity contribution in [3.63, 3.8) is 0 Å². The maximum absolute atomic E-state index is 12.5. The molecular weight excluding hydrogens is 348 g/mol. The first-order valence-electron chi connectivity index (χ1n) is 7.20. The zero-order chi connectivity index (χ0) is 17.3. The molecule has 2 aromatic rings. The van der Waals surface area contributed by atoms with Gasteiger partial charge in [0, 0.05) is 22.6 Å². The predicted molar refractivity (Wildman–Crippen MR) is 95.6 cm³/mol. The van der Waals surface area contributed by atoms with E-state index in [1.807, 2.05) is 19.1 Å². The Kier molecular flexibility index (Phi) is 4.34. The number of rotatable bonds is 3. The second kappa shape index (κ2) is 6.30. The van der Waals surface area contributed by atoms with E-state index in [-0.39, 0.29) is 10.8 Å². The molecular formula is C17H15ClN2O3S. The van der Waals surface area contributed by atoms with Gasteiger partial charge in [-0.2, -0.15) is 0 Å². The summed E-state index contributed by atoms with van der Waals surface area (Å²) in [6.07, 6.45) is 1.23. The van der Waals surface area contributed by atoms with Crippen molar-refractivity contribution in [2.24, 2.45) is 0 Å². The van der Waals surface area contributed by atoms with Crippen LogP contribution in [0, 0.1) is 6.92 Å². The lowest BCUT2D eigenvalue weighted by atomic mass is 10.2. The van der Waals surface area contributed by atoms with Crippen LogP contribution < -0.4 is 10.2 Å². The van der Waals surface area contributed by atoms with Crippen LogP contribution in [0.1, 0.15) is 5.56 Å². The number of nitrogens with zero attached hydrogens (tertiary/aromatic N) is 1. The second-order valence-corrected chi connectivity index (χ2v) is 7.84. The van der Waals surface area contributed by atoms with E-state index in [0.717, 1.165) is 5.56 Å². The highest BCUT2D eigenvalue weighted by Gasteiger charge is 2.40. The Morgan fingerprint density at radius 2 is 1.71 bits per heavy atom. The summed E-state index contributed by atoms with van der Waals surface area (Å²) in [6, 6.07) is 13.9. The molecule has 0 aliphatic carbocycles. The number of halogens is 1. The zero-order valence-electron chi connectivity index (χ0n) is 12.9. The zero-order valence-corrected chi connectivity index (χ0v) is 14.4. The molecule has 1 fully saturated rings. The molecule has 1 N–H and O–H groups in total. The molecule has 2 aromatic carbocycles. The van der Waals surface area contributed by atoms with Gasteiger partial charge in [0.05, 0.1) is 0 Å². The summed E-state index contributed by atoms with van der Waals surface area (Å²) in [4.78, 5) is 13.5. The van der Waals surface area contributed by atoms with Gasteiger partial charge in [0.25, 0.3) is 5.91 Å². The molecule has 1 saturated heterocycles. The highest BCUT2D eigenvalue weighted by atomic mass is 35.5. The van der Waals surface area contributed by atoms with Crippen LogP contribution in [-0.4, -0.2) is 20.2 Å². The number of aryl methyl sites for hydroxylation is 1. The maximum Gasteiger partial charge on any atom is 0.272 e. The predicted octanol–water partition coefficient (Wildman–Crippen LogP) is 3.32. The smallest absolute Gasteiger partial charge is 0.272 e. The molecule has 7 heteroatoms. The van der Waals surface area contributed by atoms with Gasteiger partial charge in [-0.1, -0.05) is 29.3 Å². The molecule has 1 aliphatic rings. The third-order valence-electron chi connectivity index (χ3n) is 3.65. The summed E-state index contributed by atoms with van der Waals surface area (Å²) in [5.74, 6) is -0.899. The maximum atomic E-state index is 12.5. The van der Waals surface area contributed by atoms with Crippen molar-refractivity contribution in [1.29, 1.82) is 0 Å². The first kappa shape index (κ1) is 16.5. The number of anilines is 2. The third kappa shape index (κ3) is 3.29. The molecule has 1 amide bonds. The summed E-state index contributed by atoms with van der Waals surface area (Å²) < 4.78 is 24.6. The summed E-state index contributed by atoms with van der Waals surface area (Å²) in [5.41, 5.74) is 2.24. The second-order valence-electron chi connectivity index (χ2n) is 5.47. The highest BCUT2D eigenvalue weighted by Crippen LogP contribution is 2.28. The minimum absolute atomic E-state index is 0.252. The first-order valence-corrected chi connectivity index (χ1v) is 9.23. The van der Waals surface area contributed by atoms with Crippen LogP contribution >= 0.6 is 11.6 Å². The summed E-state index contributed by atoms with van der Waals surface area (Å²) in [7, 11) is -3.67. The molecule has 0 saturated carbocycles. The average Bonchev–Trinajstić information content (AvgIpc) is 2.77. The minimum Gasteiger partial charge on any atom is -0.360 e. The molecule has 0 spiro atoms. The molecule has 0 radical (unpaired) electrons. The lowest BCUT2D eigenvalue weighted by Crippen LogP contribution is -2.24. The van der Waals surface area contributed by atoms with Crippen LogP contribution in [0.15, 0.2) is 59.6 Å². The van der Waals surface area contributed by atoms with Crippen molar-refractivity contribution in [3.8, 4) is 0 Å². The van der Waals surface area contributed by atoms with Gasteiger partial charge in [-0.15, -0.1) is 0 Å². The van der Waals surface area contributed by atoms with E-state index in [1.165, 1.54) is 11.1 Å². The normalized spacial score (nSPS) is 18.2. The Bertz CT molecular complexity index is 904.